The third-order valence-electron chi connectivity index (χ3n) is 2.71. The van der Waals surface area contributed by atoms with Crippen LogP contribution in [0, 0.1) is 0 Å². The Morgan fingerprint density at radius 2 is 2.22 bits per heavy atom. The fourth-order valence-electron chi connectivity index (χ4n) is 1.72. The van der Waals surface area contributed by atoms with Crippen molar-refractivity contribution in [2.75, 3.05) is 13.6 Å². The molecule has 2 atom stereocenters. The van der Waals surface area contributed by atoms with Gasteiger partial charge in [-0.2, -0.15) is 5.10 Å². The average molecular weight is 271 g/mol. The van der Waals surface area contributed by atoms with Gasteiger partial charge in [-0.05, 0) is 32.1 Å². The lowest BCUT2D eigenvalue weighted by molar-refractivity contribution is 0.0105. The van der Waals surface area contributed by atoms with Crippen molar-refractivity contribution < 1.29 is 10.2 Å². The molecule has 0 aliphatic heterocycles. The Hall–Kier alpha value is -1.21. The summed E-state index contributed by atoms with van der Waals surface area (Å²) in [5.74, 6) is 0. The van der Waals surface area contributed by atoms with E-state index in [2.05, 4.69) is 15.4 Å². The lowest BCUT2D eigenvalue weighted by atomic mass is 10.1. The number of nitrogens with zero attached hydrogens (tertiary/aromatic N) is 3. The van der Waals surface area contributed by atoms with E-state index in [1.54, 1.807) is 19.2 Å². The van der Waals surface area contributed by atoms with Crippen molar-refractivity contribution in [2.45, 2.75) is 18.6 Å². The summed E-state index contributed by atoms with van der Waals surface area (Å²) in [6.45, 7) is 0.614. The van der Waals surface area contributed by atoms with Crippen LogP contribution in [-0.2, 0) is 0 Å². The molecular weight excluding hydrogens is 256 g/mol. The molecule has 0 bridgehead atoms. The van der Waals surface area contributed by atoms with Crippen molar-refractivity contribution in [3.8, 4) is 0 Å². The topological polar surface area (TPSA) is 82.7 Å². The molecule has 0 aliphatic rings. The number of hydrogen-bond acceptors (Lipinski definition) is 5. The molecule has 2 unspecified atom stereocenters. The molecule has 0 aromatic carbocycles. The molecule has 3 N–H and O–H groups in total. The Balaban J connectivity index is 2.27. The number of aliphatic hydroxyl groups excluding tert-OH is 2. The van der Waals surface area contributed by atoms with Crippen LogP contribution in [0.15, 0.2) is 18.3 Å². The van der Waals surface area contributed by atoms with E-state index >= 15 is 0 Å². The Morgan fingerprint density at radius 1 is 1.44 bits per heavy atom. The largest absolute Gasteiger partial charge is 0.390 e. The zero-order valence-corrected chi connectivity index (χ0v) is 10.7. The van der Waals surface area contributed by atoms with Crippen molar-refractivity contribution in [2.24, 2.45) is 0 Å². The summed E-state index contributed by atoms with van der Waals surface area (Å²) in [5, 5.41) is 27.2. The van der Waals surface area contributed by atoms with Gasteiger partial charge in [0.25, 0.3) is 0 Å². The van der Waals surface area contributed by atoms with Crippen LogP contribution >= 0.6 is 11.6 Å². The first-order valence-corrected chi connectivity index (χ1v) is 6.02. The molecule has 2 rings (SSSR count). The van der Waals surface area contributed by atoms with E-state index in [1.807, 2.05) is 0 Å². The summed E-state index contributed by atoms with van der Waals surface area (Å²) >= 11 is 5.80. The highest BCUT2D eigenvalue weighted by Gasteiger charge is 2.22. The van der Waals surface area contributed by atoms with Gasteiger partial charge in [-0.3, -0.25) is 0 Å². The summed E-state index contributed by atoms with van der Waals surface area (Å²) in [4.78, 5) is 4.10. The van der Waals surface area contributed by atoms with Gasteiger partial charge in [-0.25, -0.2) is 9.50 Å². The number of halogens is 1. The van der Waals surface area contributed by atoms with Gasteiger partial charge in [0.2, 0.25) is 0 Å². The molecular formula is C11H15ClN4O2. The Labute approximate surface area is 109 Å². The normalized spacial score (nSPS) is 14.9. The van der Waals surface area contributed by atoms with Gasteiger partial charge >= 0.3 is 0 Å². The highest BCUT2D eigenvalue weighted by molar-refractivity contribution is 6.29. The summed E-state index contributed by atoms with van der Waals surface area (Å²) < 4.78 is 1.44. The van der Waals surface area contributed by atoms with Crippen molar-refractivity contribution in [3.63, 3.8) is 0 Å². The molecule has 2 heterocycles. The monoisotopic (exact) mass is 270 g/mol. The van der Waals surface area contributed by atoms with E-state index in [4.69, 9.17) is 11.6 Å². The molecule has 6 nitrogen and oxygen atoms in total. The lowest BCUT2D eigenvalue weighted by Gasteiger charge is -2.16. The van der Waals surface area contributed by atoms with E-state index in [9.17, 15) is 10.2 Å². The van der Waals surface area contributed by atoms with Crippen LogP contribution in [0.5, 0.6) is 0 Å². The molecule has 0 fully saturated rings. The van der Waals surface area contributed by atoms with Gasteiger partial charge < -0.3 is 15.5 Å². The number of aliphatic hydroxyl groups is 2. The second-order valence-corrected chi connectivity index (χ2v) is 4.40. The van der Waals surface area contributed by atoms with Crippen LogP contribution in [0.3, 0.4) is 0 Å². The standard InChI is InChI=1S/C11H15ClN4O2/c1-13-5-4-8(17)11(18)7-6-14-10-3-2-9(12)15-16(7)10/h2-3,6,8,11,13,17-18H,4-5H2,1H3. The van der Waals surface area contributed by atoms with E-state index in [-0.39, 0.29) is 0 Å². The Kier molecular flexibility index (Phi) is 4.13. The zero-order chi connectivity index (χ0) is 13.1. The van der Waals surface area contributed by atoms with Crippen LogP contribution in [0.1, 0.15) is 18.2 Å². The molecule has 2 aromatic rings. The van der Waals surface area contributed by atoms with Crippen molar-refractivity contribution in [1.82, 2.24) is 19.9 Å². The van der Waals surface area contributed by atoms with E-state index in [0.29, 0.717) is 29.5 Å². The fourth-order valence-corrected chi connectivity index (χ4v) is 1.86. The summed E-state index contributed by atoms with van der Waals surface area (Å²) in [6.07, 6.45) is 0.00894. The van der Waals surface area contributed by atoms with Gasteiger partial charge in [0.1, 0.15) is 11.3 Å². The molecule has 0 spiro atoms. The maximum Gasteiger partial charge on any atom is 0.153 e. The molecule has 0 saturated carbocycles. The smallest absolute Gasteiger partial charge is 0.153 e. The van der Waals surface area contributed by atoms with Crippen LogP contribution < -0.4 is 5.32 Å². The van der Waals surface area contributed by atoms with Gasteiger partial charge in [-0.15, -0.1) is 0 Å². The second-order valence-electron chi connectivity index (χ2n) is 4.01. The van der Waals surface area contributed by atoms with Gasteiger partial charge in [0.05, 0.1) is 18.0 Å². The third kappa shape index (κ3) is 2.62. The first kappa shape index (κ1) is 13.2. The van der Waals surface area contributed by atoms with Crippen LogP contribution in [0.25, 0.3) is 5.65 Å². The maximum absolute atomic E-state index is 10.1. The minimum atomic E-state index is -1.04. The highest BCUT2D eigenvalue weighted by atomic mass is 35.5. The molecule has 98 valence electrons. The van der Waals surface area contributed by atoms with Crippen molar-refractivity contribution in [1.29, 1.82) is 0 Å². The number of imidazole rings is 1. The minimum Gasteiger partial charge on any atom is -0.390 e. The fraction of sp³-hybridized carbons (Fsp3) is 0.455. The Bertz CT molecular complexity index is 531. The van der Waals surface area contributed by atoms with E-state index < -0.39 is 12.2 Å². The van der Waals surface area contributed by atoms with Crippen LogP contribution in [0.4, 0.5) is 0 Å². The second kappa shape index (κ2) is 5.62. The third-order valence-corrected chi connectivity index (χ3v) is 2.92. The van der Waals surface area contributed by atoms with Crippen LogP contribution in [-0.4, -0.2) is 44.5 Å². The maximum atomic E-state index is 10.1. The van der Waals surface area contributed by atoms with E-state index in [1.165, 1.54) is 10.7 Å². The number of hydrogen-bond donors (Lipinski definition) is 3. The number of rotatable bonds is 5. The lowest BCUT2D eigenvalue weighted by Crippen LogP contribution is -2.24. The first-order valence-electron chi connectivity index (χ1n) is 5.64. The molecule has 0 aliphatic carbocycles. The molecule has 18 heavy (non-hydrogen) atoms. The SMILES string of the molecule is CNCCC(O)C(O)c1cnc2ccc(Cl)nn12. The highest BCUT2D eigenvalue weighted by Crippen LogP contribution is 2.20. The first-order chi connectivity index (χ1) is 8.63. The molecule has 0 radical (unpaired) electrons. The van der Waals surface area contributed by atoms with E-state index in [0.717, 1.165) is 0 Å². The van der Waals surface area contributed by atoms with Gasteiger partial charge in [0.15, 0.2) is 5.65 Å². The predicted octanol–water partition coefficient (Wildman–Crippen LogP) is 0.386. The minimum absolute atomic E-state index is 0.304. The van der Waals surface area contributed by atoms with Gasteiger partial charge in [0, 0.05) is 0 Å². The molecule has 0 amide bonds. The molecule has 0 saturated heterocycles. The summed E-state index contributed by atoms with van der Waals surface area (Å²) in [7, 11) is 1.79. The number of aromatic nitrogens is 3. The molecule has 2 aromatic heterocycles. The van der Waals surface area contributed by atoms with Crippen molar-refractivity contribution >= 4 is 17.2 Å². The van der Waals surface area contributed by atoms with Crippen LogP contribution in [0.2, 0.25) is 5.15 Å². The Morgan fingerprint density at radius 3 is 2.94 bits per heavy atom. The predicted molar refractivity (Wildman–Crippen MR) is 67.5 cm³/mol. The van der Waals surface area contributed by atoms with Gasteiger partial charge in [-0.1, -0.05) is 11.6 Å². The molecule has 7 heteroatoms. The summed E-state index contributed by atoms with van der Waals surface area (Å²) in [5.41, 5.74) is 1.00. The number of fused-ring (bicyclic) bond motifs is 1. The summed E-state index contributed by atoms with van der Waals surface area (Å²) in [6, 6.07) is 3.32. The van der Waals surface area contributed by atoms with Crippen molar-refractivity contribution in [3.05, 3.63) is 29.2 Å². The zero-order valence-electron chi connectivity index (χ0n) is 9.91. The number of nitrogens with one attached hydrogen (secondary N) is 1. The quantitative estimate of drug-likeness (QED) is 0.732. The average Bonchev–Trinajstić information content (AvgIpc) is 2.77.